The van der Waals surface area contributed by atoms with Crippen molar-refractivity contribution in [2.45, 2.75) is 38.0 Å². The van der Waals surface area contributed by atoms with Gasteiger partial charge in [-0.25, -0.2) is 4.79 Å². The summed E-state index contributed by atoms with van der Waals surface area (Å²) < 4.78 is 5.40. The molecule has 1 saturated carbocycles. The van der Waals surface area contributed by atoms with Crippen LogP contribution >= 0.6 is 0 Å². The predicted molar refractivity (Wildman–Crippen MR) is 60.3 cm³/mol. The van der Waals surface area contributed by atoms with E-state index >= 15 is 0 Å². The van der Waals surface area contributed by atoms with E-state index in [2.05, 4.69) is 4.99 Å². The van der Waals surface area contributed by atoms with Gasteiger partial charge in [-0.05, 0) is 36.5 Å². The summed E-state index contributed by atoms with van der Waals surface area (Å²) >= 11 is 0. The average molecular weight is 231 g/mol. The van der Waals surface area contributed by atoms with Crippen molar-refractivity contribution in [1.82, 2.24) is 0 Å². The molecule has 1 N–H and O–H groups in total. The summed E-state index contributed by atoms with van der Waals surface area (Å²) in [4.78, 5) is 14.5. The monoisotopic (exact) mass is 231 g/mol. The fourth-order valence-electron chi connectivity index (χ4n) is 2.78. The minimum atomic E-state index is -0.551. The van der Waals surface area contributed by atoms with E-state index in [1.165, 1.54) is 0 Å². The summed E-state index contributed by atoms with van der Waals surface area (Å²) in [5, 5.41) is 10.1. The van der Waals surface area contributed by atoms with Gasteiger partial charge in [-0.15, -0.1) is 0 Å². The van der Waals surface area contributed by atoms with Gasteiger partial charge in [0.25, 0.3) is 0 Å². The molecule has 88 valence electrons. The molecule has 0 bridgehead atoms. The summed E-state index contributed by atoms with van der Waals surface area (Å²) in [5.41, 5.74) is 2.32. The molecule has 0 amide bonds. The van der Waals surface area contributed by atoms with Crippen molar-refractivity contribution in [3.8, 4) is 5.75 Å². The lowest BCUT2D eigenvalue weighted by molar-refractivity contribution is 0.132. The van der Waals surface area contributed by atoms with Gasteiger partial charge in [0.2, 0.25) is 6.08 Å². The number of aliphatic imine (C=N–C) groups is 1. The highest BCUT2D eigenvalue weighted by atomic mass is 16.5. The maximum atomic E-state index is 10.6. The van der Waals surface area contributed by atoms with Crippen molar-refractivity contribution >= 4 is 6.08 Å². The normalized spacial score (nSPS) is 20.2. The number of phenols is 1. The largest absolute Gasteiger partial charge is 0.508 e. The van der Waals surface area contributed by atoms with Crippen molar-refractivity contribution in [3.63, 3.8) is 0 Å². The summed E-state index contributed by atoms with van der Waals surface area (Å²) in [6.45, 7) is 1.07. The Morgan fingerprint density at radius 2 is 2.18 bits per heavy atom. The third-order valence-corrected chi connectivity index (χ3v) is 3.80. The zero-order valence-electron chi connectivity index (χ0n) is 9.40. The number of phenolic OH excluding ortho intramolecular Hbond substituents is 1. The molecule has 1 heterocycles. The molecule has 1 aromatic rings. The first-order chi connectivity index (χ1) is 8.27. The van der Waals surface area contributed by atoms with Gasteiger partial charge in [0.1, 0.15) is 11.3 Å². The Labute approximate surface area is 98.9 Å². The molecule has 0 atom stereocenters. The number of isocyanates is 1. The zero-order chi connectivity index (χ0) is 11.9. The number of ether oxygens (including phenoxy) is 1. The first kappa shape index (κ1) is 10.5. The Kier molecular flexibility index (Phi) is 2.28. The molecule has 2 aliphatic rings. The van der Waals surface area contributed by atoms with Crippen molar-refractivity contribution in [2.75, 3.05) is 0 Å². The molecule has 1 aliphatic heterocycles. The Balaban J connectivity index is 2.20. The molecule has 17 heavy (non-hydrogen) atoms. The van der Waals surface area contributed by atoms with Gasteiger partial charge in [0.05, 0.1) is 13.2 Å². The van der Waals surface area contributed by atoms with Crippen LogP contribution in [0.4, 0.5) is 0 Å². The zero-order valence-corrected chi connectivity index (χ0v) is 9.40. The van der Waals surface area contributed by atoms with Crippen LogP contribution in [0.25, 0.3) is 0 Å². The highest BCUT2D eigenvalue weighted by molar-refractivity contribution is 5.52. The molecule has 4 nitrogen and oxygen atoms in total. The number of benzene rings is 1. The van der Waals surface area contributed by atoms with Crippen molar-refractivity contribution in [1.29, 1.82) is 0 Å². The fourth-order valence-corrected chi connectivity index (χ4v) is 2.78. The Morgan fingerprint density at radius 3 is 2.82 bits per heavy atom. The molecule has 0 unspecified atom stereocenters. The lowest BCUT2D eigenvalue weighted by Crippen LogP contribution is -2.33. The van der Waals surface area contributed by atoms with E-state index in [1.807, 2.05) is 6.07 Å². The van der Waals surface area contributed by atoms with E-state index < -0.39 is 5.54 Å². The van der Waals surface area contributed by atoms with Gasteiger partial charge >= 0.3 is 0 Å². The van der Waals surface area contributed by atoms with Crippen LogP contribution in [-0.4, -0.2) is 11.2 Å². The van der Waals surface area contributed by atoms with Crippen molar-refractivity contribution < 1.29 is 14.6 Å². The van der Waals surface area contributed by atoms with Crippen LogP contribution in [0.1, 0.15) is 36.0 Å². The quantitative estimate of drug-likeness (QED) is 0.626. The third-order valence-electron chi connectivity index (χ3n) is 3.80. The number of fused-ring (bicyclic) bond motifs is 1. The molecule has 4 heteroatoms. The predicted octanol–water partition coefficient (Wildman–Crippen LogP) is 2.14. The van der Waals surface area contributed by atoms with Crippen LogP contribution < -0.4 is 0 Å². The molecule has 3 rings (SSSR count). The molecular weight excluding hydrogens is 218 g/mol. The topological polar surface area (TPSA) is 58.9 Å². The van der Waals surface area contributed by atoms with Gasteiger partial charge in [0, 0.05) is 5.56 Å². The average Bonchev–Trinajstić information content (AvgIpc) is 2.72. The number of nitrogens with zero attached hydrogens (tertiary/aromatic N) is 1. The lowest BCUT2D eigenvalue weighted by atomic mass is 9.70. The summed E-state index contributed by atoms with van der Waals surface area (Å²) in [6, 6.07) is 3.54. The number of rotatable bonds is 2. The minimum absolute atomic E-state index is 0.216. The van der Waals surface area contributed by atoms with Gasteiger partial charge in [-0.1, -0.05) is 6.07 Å². The fraction of sp³-hybridized carbons (Fsp3) is 0.462. The molecular formula is C13H13NO3. The van der Waals surface area contributed by atoms with Gasteiger partial charge in [0.15, 0.2) is 0 Å². The van der Waals surface area contributed by atoms with Gasteiger partial charge < -0.3 is 9.84 Å². The van der Waals surface area contributed by atoms with E-state index in [9.17, 15) is 9.90 Å². The number of carbonyl (C=O) groups excluding carboxylic acids is 1. The molecule has 1 aliphatic carbocycles. The van der Waals surface area contributed by atoms with Crippen LogP contribution in [0.5, 0.6) is 5.75 Å². The minimum Gasteiger partial charge on any atom is -0.508 e. The van der Waals surface area contributed by atoms with E-state index in [1.54, 1.807) is 12.1 Å². The van der Waals surface area contributed by atoms with Crippen LogP contribution in [-0.2, 0) is 28.3 Å². The molecule has 1 aromatic carbocycles. The van der Waals surface area contributed by atoms with E-state index in [0.29, 0.717) is 13.2 Å². The van der Waals surface area contributed by atoms with E-state index in [0.717, 1.165) is 36.0 Å². The Morgan fingerprint density at radius 1 is 1.35 bits per heavy atom. The van der Waals surface area contributed by atoms with Crippen LogP contribution in [0.2, 0.25) is 0 Å². The smallest absolute Gasteiger partial charge is 0.235 e. The summed E-state index contributed by atoms with van der Waals surface area (Å²) in [6.07, 6.45) is 4.27. The lowest BCUT2D eigenvalue weighted by Gasteiger charge is -2.38. The Hall–Kier alpha value is -1.64. The van der Waals surface area contributed by atoms with Crippen LogP contribution in [0, 0.1) is 0 Å². The standard InChI is InChI=1S/C13H13NO3/c15-8-14-13(4-1-5-13)12-10-7-17-6-9(10)2-3-11(12)16/h2-3,16H,1,4-7H2. The highest BCUT2D eigenvalue weighted by Gasteiger charge is 2.43. The SMILES string of the molecule is O=C=NC1(c2c(O)ccc3c2COC3)CCC1. The summed E-state index contributed by atoms with van der Waals surface area (Å²) in [5.74, 6) is 0.216. The third kappa shape index (κ3) is 1.42. The first-order valence-corrected chi connectivity index (χ1v) is 5.78. The van der Waals surface area contributed by atoms with Crippen LogP contribution in [0.3, 0.4) is 0 Å². The molecule has 0 aromatic heterocycles. The number of aromatic hydroxyl groups is 1. The second-order valence-electron chi connectivity index (χ2n) is 4.68. The number of hydrogen-bond donors (Lipinski definition) is 1. The number of hydrogen-bond acceptors (Lipinski definition) is 4. The second kappa shape index (κ2) is 3.69. The van der Waals surface area contributed by atoms with Gasteiger partial charge in [-0.2, -0.15) is 4.99 Å². The van der Waals surface area contributed by atoms with Crippen molar-refractivity contribution in [2.24, 2.45) is 4.99 Å². The second-order valence-corrected chi connectivity index (χ2v) is 4.68. The molecule has 1 fully saturated rings. The van der Waals surface area contributed by atoms with E-state index in [4.69, 9.17) is 4.74 Å². The maximum absolute atomic E-state index is 10.6. The Bertz CT molecular complexity index is 514. The molecule has 0 saturated heterocycles. The van der Waals surface area contributed by atoms with E-state index in [-0.39, 0.29) is 5.75 Å². The maximum Gasteiger partial charge on any atom is 0.235 e. The van der Waals surface area contributed by atoms with Crippen LogP contribution in [0.15, 0.2) is 17.1 Å². The first-order valence-electron chi connectivity index (χ1n) is 5.78. The summed E-state index contributed by atoms with van der Waals surface area (Å²) in [7, 11) is 0. The van der Waals surface area contributed by atoms with Gasteiger partial charge in [-0.3, -0.25) is 0 Å². The molecule has 0 spiro atoms. The van der Waals surface area contributed by atoms with Crippen molar-refractivity contribution in [3.05, 3.63) is 28.8 Å². The highest BCUT2D eigenvalue weighted by Crippen LogP contribution is 2.50. The molecule has 0 radical (unpaired) electrons.